The number of nitrogens with one attached hydrogen (secondary N) is 3. The van der Waals surface area contributed by atoms with Gasteiger partial charge < -0.3 is 20.7 Å². The van der Waals surface area contributed by atoms with Gasteiger partial charge in [0, 0.05) is 54.5 Å². The third-order valence-electron chi connectivity index (χ3n) is 5.34. The lowest BCUT2D eigenvalue weighted by atomic mass is 10.2. The molecule has 1 aliphatic heterocycles. The molecule has 0 unspecified atom stereocenters. The maximum atomic E-state index is 12.9. The maximum Gasteiger partial charge on any atom is 0.267 e. The van der Waals surface area contributed by atoms with Crippen molar-refractivity contribution in [2.75, 3.05) is 62.4 Å². The van der Waals surface area contributed by atoms with Crippen LogP contribution in [-0.4, -0.2) is 57.2 Å². The van der Waals surface area contributed by atoms with Crippen LogP contribution in [0.3, 0.4) is 0 Å². The molecule has 1 saturated heterocycles. The fraction of sp³-hybridized carbons (Fsp3) is 0.292. The van der Waals surface area contributed by atoms with Crippen molar-refractivity contribution >= 4 is 45.9 Å². The lowest BCUT2D eigenvalue weighted by Gasteiger charge is -2.26. The van der Waals surface area contributed by atoms with Crippen LogP contribution in [0, 0.1) is 0 Å². The number of carbonyl (C=O) groups is 1. The molecule has 1 aliphatic rings. The molecular formula is C24H27ClN4O2S. The van der Waals surface area contributed by atoms with E-state index in [2.05, 4.69) is 20.9 Å². The number of morpholine rings is 1. The van der Waals surface area contributed by atoms with Crippen LogP contribution in [0.25, 0.3) is 10.4 Å². The second-order valence-corrected chi connectivity index (χ2v) is 9.01. The summed E-state index contributed by atoms with van der Waals surface area (Å²) in [6, 6.07) is 17.4. The van der Waals surface area contributed by atoms with Crippen molar-refractivity contribution in [3.63, 3.8) is 0 Å². The Morgan fingerprint density at radius 1 is 1.06 bits per heavy atom. The number of ether oxygens (including phenoxy) is 1. The van der Waals surface area contributed by atoms with Crippen molar-refractivity contribution in [3.05, 3.63) is 64.5 Å². The van der Waals surface area contributed by atoms with Gasteiger partial charge in [0.25, 0.3) is 5.91 Å². The molecule has 0 radical (unpaired) electrons. The number of benzene rings is 2. The average Bonchev–Trinajstić information content (AvgIpc) is 3.26. The van der Waals surface area contributed by atoms with Crippen LogP contribution in [-0.2, 0) is 4.74 Å². The summed E-state index contributed by atoms with van der Waals surface area (Å²) >= 11 is 7.45. The second kappa shape index (κ2) is 10.8. The molecular weight excluding hydrogens is 444 g/mol. The first-order chi connectivity index (χ1) is 15.6. The Balaban J connectivity index is 1.35. The molecule has 0 bridgehead atoms. The highest BCUT2D eigenvalue weighted by atomic mass is 35.5. The van der Waals surface area contributed by atoms with Crippen LogP contribution >= 0.6 is 22.9 Å². The standard InChI is InChI=1S/C24H27ClN4O2S/c1-26-21-16-22(17-2-4-18(25)5-3-17)32-23(21)24(30)28-20-8-6-19(7-9-20)27-10-11-29-12-14-31-15-13-29/h2-9,16,26-27H,10-15H2,1H3,(H,28,30). The normalized spacial score (nSPS) is 14.2. The van der Waals surface area contributed by atoms with E-state index in [1.165, 1.54) is 11.3 Å². The molecule has 8 heteroatoms. The molecule has 0 atom stereocenters. The number of hydrogen-bond donors (Lipinski definition) is 3. The molecule has 32 heavy (non-hydrogen) atoms. The van der Waals surface area contributed by atoms with E-state index in [1.807, 2.05) is 61.6 Å². The highest BCUT2D eigenvalue weighted by Gasteiger charge is 2.17. The predicted octanol–water partition coefficient (Wildman–Crippen LogP) is 5.11. The molecule has 3 N–H and O–H groups in total. The minimum atomic E-state index is -0.132. The number of anilines is 3. The summed E-state index contributed by atoms with van der Waals surface area (Å²) in [6.45, 7) is 5.47. The number of carbonyl (C=O) groups excluding carboxylic acids is 1. The number of rotatable bonds is 8. The molecule has 4 rings (SSSR count). The Labute approximate surface area is 197 Å². The molecule has 2 heterocycles. The molecule has 1 amide bonds. The first-order valence-corrected chi connectivity index (χ1v) is 11.8. The number of amides is 1. The largest absolute Gasteiger partial charge is 0.387 e. The van der Waals surface area contributed by atoms with Gasteiger partial charge in [-0.25, -0.2) is 0 Å². The first kappa shape index (κ1) is 22.6. The number of hydrogen-bond acceptors (Lipinski definition) is 6. The Morgan fingerprint density at radius 2 is 1.75 bits per heavy atom. The summed E-state index contributed by atoms with van der Waals surface area (Å²) in [6.07, 6.45) is 0. The summed E-state index contributed by atoms with van der Waals surface area (Å²) in [4.78, 5) is 17.0. The van der Waals surface area contributed by atoms with Crippen molar-refractivity contribution in [1.82, 2.24) is 4.90 Å². The van der Waals surface area contributed by atoms with Gasteiger partial charge in [0.15, 0.2) is 0 Å². The SMILES string of the molecule is CNc1cc(-c2ccc(Cl)cc2)sc1C(=O)Nc1ccc(NCCN2CCOCC2)cc1. The average molecular weight is 471 g/mol. The Morgan fingerprint density at radius 3 is 2.44 bits per heavy atom. The molecule has 168 valence electrons. The third kappa shape index (κ3) is 5.81. The fourth-order valence-corrected chi connectivity index (χ4v) is 4.74. The smallest absolute Gasteiger partial charge is 0.267 e. The van der Waals surface area contributed by atoms with Crippen LogP contribution in [0.4, 0.5) is 17.1 Å². The van der Waals surface area contributed by atoms with Gasteiger partial charge in [0.2, 0.25) is 0 Å². The zero-order valence-corrected chi connectivity index (χ0v) is 19.6. The van der Waals surface area contributed by atoms with E-state index in [9.17, 15) is 4.79 Å². The van der Waals surface area contributed by atoms with Crippen LogP contribution in [0.15, 0.2) is 54.6 Å². The van der Waals surface area contributed by atoms with E-state index in [0.29, 0.717) is 9.90 Å². The van der Waals surface area contributed by atoms with Crippen molar-refractivity contribution in [2.24, 2.45) is 0 Å². The lowest BCUT2D eigenvalue weighted by Crippen LogP contribution is -2.38. The molecule has 2 aromatic carbocycles. The minimum absolute atomic E-state index is 0.132. The Bertz CT molecular complexity index is 1030. The molecule has 0 saturated carbocycles. The van der Waals surface area contributed by atoms with E-state index in [4.69, 9.17) is 16.3 Å². The van der Waals surface area contributed by atoms with Crippen LogP contribution in [0.2, 0.25) is 5.02 Å². The quantitative estimate of drug-likeness (QED) is 0.427. The predicted molar refractivity (Wildman–Crippen MR) is 134 cm³/mol. The maximum absolute atomic E-state index is 12.9. The molecule has 1 fully saturated rings. The van der Waals surface area contributed by atoms with Gasteiger partial charge in [-0.3, -0.25) is 9.69 Å². The van der Waals surface area contributed by atoms with Gasteiger partial charge in [-0.2, -0.15) is 0 Å². The molecule has 0 spiro atoms. The number of thiophene rings is 1. The lowest BCUT2D eigenvalue weighted by molar-refractivity contribution is 0.0398. The van der Waals surface area contributed by atoms with Gasteiger partial charge in [-0.1, -0.05) is 23.7 Å². The van der Waals surface area contributed by atoms with Gasteiger partial charge in [-0.05, 0) is 48.0 Å². The van der Waals surface area contributed by atoms with Crippen LogP contribution in [0.1, 0.15) is 9.67 Å². The highest BCUT2D eigenvalue weighted by Crippen LogP contribution is 2.35. The summed E-state index contributed by atoms with van der Waals surface area (Å²) in [5.74, 6) is -0.132. The van der Waals surface area contributed by atoms with Gasteiger partial charge in [0.05, 0.1) is 18.9 Å². The Hall–Kier alpha value is -2.58. The van der Waals surface area contributed by atoms with E-state index < -0.39 is 0 Å². The van der Waals surface area contributed by atoms with Crippen molar-refractivity contribution < 1.29 is 9.53 Å². The molecule has 6 nitrogen and oxygen atoms in total. The topological polar surface area (TPSA) is 65.6 Å². The minimum Gasteiger partial charge on any atom is -0.387 e. The molecule has 3 aromatic rings. The van der Waals surface area contributed by atoms with Gasteiger partial charge >= 0.3 is 0 Å². The van der Waals surface area contributed by atoms with E-state index >= 15 is 0 Å². The summed E-state index contributed by atoms with van der Waals surface area (Å²) < 4.78 is 5.38. The summed E-state index contributed by atoms with van der Waals surface area (Å²) in [7, 11) is 1.82. The number of nitrogens with zero attached hydrogens (tertiary/aromatic N) is 1. The summed E-state index contributed by atoms with van der Waals surface area (Å²) in [5.41, 5.74) is 3.63. The second-order valence-electron chi connectivity index (χ2n) is 7.52. The van der Waals surface area contributed by atoms with E-state index in [1.54, 1.807) is 0 Å². The zero-order chi connectivity index (χ0) is 22.3. The monoisotopic (exact) mass is 470 g/mol. The summed E-state index contributed by atoms with van der Waals surface area (Å²) in [5, 5.41) is 10.3. The van der Waals surface area contributed by atoms with E-state index in [-0.39, 0.29) is 5.91 Å². The van der Waals surface area contributed by atoms with Crippen LogP contribution < -0.4 is 16.0 Å². The van der Waals surface area contributed by atoms with Crippen LogP contribution in [0.5, 0.6) is 0 Å². The van der Waals surface area contributed by atoms with E-state index in [0.717, 1.165) is 66.9 Å². The highest BCUT2D eigenvalue weighted by molar-refractivity contribution is 7.18. The first-order valence-electron chi connectivity index (χ1n) is 10.7. The fourth-order valence-electron chi connectivity index (χ4n) is 3.54. The van der Waals surface area contributed by atoms with Gasteiger partial charge in [0.1, 0.15) is 4.88 Å². The van der Waals surface area contributed by atoms with Gasteiger partial charge in [-0.15, -0.1) is 11.3 Å². The zero-order valence-electron chi connectivity index (χ0n) is 18.0. The van der Waals surface area contributed by atoms with Crippen molar-refractivity contribution in [3.8, 4) is 10.4 Å². The molecule has 1 aromatic heterocycles. The number of halogens is 1. The van der Waals surface area contributed by atoms with Crippen molar-refractivity contribution in [2.45, 2.75) is 0 Å². The molecule has 0 aliphatic carbocycles. The van der Waals surface area contributed by atoms with Crippen molar-refractivity contribution in [1.29, 1.82) is 0 Å². The Kier molecular flexibility index (Phi) is 7.65. The third-order valence-corrected chi connectivity index (χ3v) is 6.77.